The Morgan fingerprint density at radius 1 is 0.777 bits per heavy atom. The van der Waals surface area contributed by atoms with Crippen LogP contribution in [-0.4, -0.2) is 194 Å². The highest BCUT2D eigenvalue weighted by molar-refractivity contribution is 6.31. The fourth-order valence-corrected chi connectivity index (χ4v) is 13.5. The summed E-state index contributed by atoms with van der Waals surface area (Å²) in [5, 5.41) is 42.2. The van der Waals surface area contributed by atoms with Gasteiger partial charge in [0.25, 0.3) is 0 Å². The van der Waals surface area contributed by atoms with E-state index in [0.717, 1.165) is 27.2 Å². The van der Waals surface area contributed by atoms with E-state index in [-0.39, 0.29) is 90.8 Å². The summed E-state index contributed by atoms with van der Waals surface area (Å²) in [6.45, 7) is 6.67. The van der Waals surface area contributed by atoms with E-state index in [9.17, 15) is 53.7 Å². The molecule has 0 saturated carbocycles. The number of anilines is 1. The first-order valence-electron chi connectivity index (χ1n) is 31.3. The number of alkyl carbamates (subject to hydrolysis) is 1. The van der Waals surface area contributed by atoms with E-state index in [2.05, 4.69) is 15.5 Å². The number of Topliss-reactive ketones (excluding diaryl/α,β-unsaturated/α-hetero) is 2. The van der Waals surface area contributed by atoms with Crippen molar-refractivity contribution in [3.63, 3.8) is 0 Å². The summed E-state index contributed by atoms with van der Waals surface area (Å²) in [5.74, 6) is -6.04. The van der Waals surface area contributed by atoms with Gasteiger partial charge in [0.2, 0.25) is 17.5 Å². The molecule has 4 amide bonds. The molecule has 10 atom stereocenters. The molecule has 94 heavy (non-hydrogen) atoms. The number of aliphatic hydroxyl groups is 1. The van der Waals surface area contributed by atoms with Crippen LogP contribution in [0.1, 0.15) is 119 Å². The van der Waals surface area contributed by atoms with Gasteiger partial charge in [0.15, 0.2) is 37.0 Å². The molecular formula is C69H77N5O20. The number of rotatable bonds is 21. The Bertz CT molecular complexity index is 3740. The Kier molecular flexibility index (Phi) is 19.6. The van der Waals surface area contributed by atoms with E-state index in [1.54, 1.807) is 52.0 Å². The minimum Gasteiger partial charge on any atom is -0.507 e. The molecule has 0 radical (unpaired) electrons. The standard InChI is InChI=1S/C69H77N5O20/c1-35(2)57(71-66(82)89-33-46-42-16-11-9-14-40(42)41-15-10-12-17-43(41)46)48(75)28-36(3)63(81)70-39-22-20-38(21-23-39)32-90-67(83)72(5)24-25-73(6)68(84)91-34-51(76)69(85)30-45-54(61(80)56-55(59(45)78)58(77)44-18-13-19-49(86-7)53(44)60(56)79)50(31-69)93-52-29-47-62(37(4)92-52)94-64-65(87-8)88-27-26-74(47)64/h9-23,35-37,46-47,50,52,57,62,64-65,78,80,85H,24-34H2,1-8H3,(H,70,81)(H,71,82)/t36-,37+,47+,50+,52+,57+,62-,64-,65+,69+/m1/s1. The Morgan fingerprint density at radius 3 is 2.09 bits per heavy atom. The molecule has 3 aliphatic heterocycles. The van der Waals surface area contributed by atoms with E-state index in [1.807, 2.05) is 48.5 Å². The third kappa shape index (κ3) is 13.1. The SMILES string of the molecule is COc1cccc2c1C(=O)c1c(O)c3c(c(O)c1C2=O)C[C@@](O)(C(=O)COC(=O)N(C)CCN(C)C(=O)OCc1ccc(NC(=O)[C@H](C)CC(=O)[C@@H](NC(=O)OCC2c4ccccc4-c4ccccc42)C(C)C)cc1)C[C@@H]3O[C@H]1C[C@H]2[C@H](O[C@@H]3[C@@H](OC)OCCN32)[C@H](C)O1. The fourth-order valence-electron chi connectivity index (χ4n) is 13.5. The summed E-state index contributed by atoms with van der Waals surface area (Å²) in [4.78, 5) is 114. The predicted molar refractivity (Wildman–Crippen MR) is 334 cm³/mol. The zero-order valence-electron chi connectivity index (χ0n) is 53.4. The monoisotopic (exact) mass is 1300 g/mol. The van der Waals surface area contributed by atoms with Crippen LogP contribution in [0, 0.1) is 11.8 Å². The summed E-state index contributed by atoms with van der Waals surface area (Å²) in [7, 11) is 5.64. The number of nitrogens with one attached hydrogen (secondary N) is 2. The average molecular weight is 1300 g/mol. The first-order valence-corrected chi connectivity index (χ1v) is 31.3. The average Bonchev–Trinajstić information content (AvgIpc) is 0.954. The minimum atomic E-state index is -2.47. The lowest BCUT2D eigenvalue weighted by Gasteiger charge is -2.43. The van der Waals surface area contributed by atoms with Crippen LogP contribution in [0.3, 0.4) is 0 Å². The minimum absolute atomic E-state index is 0.0481. The third-order valence-electron chi connectivity index (χ3n) is 18.6. The number of phenols is 2. The Labute approximate surface area is 542 Å². The number of aromatic hydroxyl groups is 2. The number of morpholine rings is 1. The number of carbonyl (C=O) groups is 8. The number of nitrogens with zero attached hydrogens (tertiary/aromatic N) is 3. The van der Waals surface area contributed by atoms with Crippen LogP contribution in [0.15, 0.2) is 91.0 Å². The molecule has 5 aromatic rings. The quantitative estimate of drug-likeness (QED) is 0.0353. The molecule has 0 aromatic heterocycles. The van der Waals surface area contributed by atoms with Crippen LogP contribution in [0.4, 0.5) is 20.1 Å². The first kappa shape index (κ1) is 66.6. The number of amides is 4. The van der Waals surface area contributed by atoms with Crippen molar-refractivity contribution in [1.82, 2.24) is 20.0 Å². The van der Waals surface area contributed by atoms with Crippen LogP contribution in [0.2, 0.25) is 0 Å². The summed E-state index contributed by atoms with van der Waals surface area (Å²) in [5.41, 5.74) is 1.13. The number of methoxy groups -OCH3 is 2. The molecule has 11 rings (SSSR count). The van der Waals surface area contributed by atoms with Gasteiger partial charge in [-0.1, -0.05) is 93.6 Å². The summed E-state index contributed by atoms with van der Waals surface area (Å²) in [6.07, 6.45) is -8.49. The van der Waals surface area contributed by atoms with Gasteiger partial charge in [-0.2, -0.15) is 0 Å². The molecule has 0 unspecified atom stereocenters. The summed E-state index contributed by atoms with van der Waals surface area (Å²) in [6, 6.07) is 25.7. The van der Waals surface area contributed by atoms with Crippen molar-refractivity contribution in [2.24, 2.45) is 11.8 Å². The van der Waals surface area contributed by atoms with Gasteiger partial charge in [-0.15, -0.1) is 0 Å². The molecule has 3 heterocycles. The molecule has 25 heteroatoms. The predicted octanol–water partition coefficient (Wildman–Crippen LogP) is 7.15. The van der Waals surface area contributed by atoms with Gasteiger partial charge >= 0.3 is 18.3 Å². The van der Waals surface area contributed by atoms with Crippen molar-refractivity contribution in [2.75, 3.05) is 73.1 Å². The van der Waals surface area contributed by atoms with Crippen LogP contribution in [0.5, 0.6) is 17.2 Å². The van der Waals surface area contributed by atoms with Crippen LogP contribution < -0.4 is 15.4 Å². The van der Waals surface area contributed by atoms with E-state index in [4.69, 9.17) is 42.6 Å². The molecule has 5 aromatic carbocycles. The third-order valence-corrected chi connectivity index (χ3v) is 18.6. The molecular weight excluding hydrogens is 1220 g/mol. The topological polar surface area (TPSA) is 314 Å². The number of hydrogen-bond donors (Lipinski definition) is 5. The van der Waals surface area contributed by atoms with Crippen molar-refractivity contribution in [2.45, 2.75) is 121 Å². The number of likely N-dealkylation sites (N-methyl/N-ethyl adjacent to an activating group) is 2. The molecule has 3 saturated heterocycles. The zero-order chi connectivity index (χ0) is 67.0. The lowest BCUT2D eigenvalue weighted by Crippen LogP contribution is -2.55. The second-order valence-electron chi connectivity index (χ2n) is 25.0. The number of ketones is 4. The number of benzene rings is 5. The van der Waals surface area contributed by atoms with E-state index in [0.29, 0.717) is 24.4 Å². The fraction of sp³-hybridized carbons (Fsp3) is 0.449. The highest BCUT2D eigenvalue weighted by atomic mass is 16.7. The molecule has 6 aliphatic rings. The van der Waals surface area contributed by atoms with Gasteiger partial charge in [0, 0.05) is 107 Å². The van der Waals surface area contributed by atoms with Crippen molar-refractivity contribution in [3.05, 3.63) is 141 Å². The molecule has 0 spiro atoms. The first-order chi connectivity index (χ1) is 45.0. The summed E-state index contributed by atoms with van der Waals surface area (Å²) < 4.78 is 52.7. The normalized spacial score (nSPS) is 23.2. The van der Waals surface area contributed by atoms with E-state index < -0.39 is 138 Å². The van der Waals surface area contributed by atoms with Gasteiger partial charge in [0.1, 0.15) is 42.2 Å². The summed E-state index contributed by atoms with van der Waals surface area (Å²) >= 11 is 0. The highest BCUT2D eigenvalue weighted by Gasteiger charge is 2.55. The maximum Gasteiger partial charge on any atom is 0.409 e. The lowest BCUT2D eigenvalue weighted by atomic mass is 9.72. The Balaban J connectivity index is 0.659. The zero-order valence-corrected chi connectivity index (χ0v) is 53.4. The Morgan fingerprint density at radius 2 is 1.43 bits per heavy atom. The second-order valence-corrected chi connectivity index (χ2v) is 25.0. The molecule has 498 valence electrons. The van der Waals surface area contributed by atoms with Gasteiger partial charge in [-0.25, -0.2) is 14.4 Å². The Hall–Kier alpha value is -8.82. The van der Waals surface area contributed by atoms with Gasteiger partial charge < -0.3 is 78.4 Å². The second kappa shape index (κ2) is 27.6. The van der Waals surface area contributed by atoms with Crippen LogP contribution in [-0.2, 0) is 65.3 Å². The molecule has 3 fully saturated rings. The maximum absolute atomic E-state index is 14.3. The van der Waals surface area contributed by atoms with Crippen LogP contribution in [0.25, 0.3) is 11.1 Å². The van der Waals surface area contributed by atoms with Crippen molar-refractivity contribution in [3.8, 4) is 28.4 Å². The van der Waals surface area contributed by atoms with Crippen molar-refractivity contribution >= 4 is 53.0 Å². The van der Waals surface area contributed by atoms with Crippen LogP contribution >= 0.6 is 0 Å². The van der Waals surface area contributed by atoms with E-state index >= 15 is 0 Å². The van der Waals surface area contributed by atoms with Crippen molar-refractivity contribution in [1.29, 1.82) is 0 Å². The van der Waals surface area contributed by atoms with Gasteiger partial charge in [0.05, 0.1) is 48.7 Å². The van der Waals surface area contributed by atoms with Crippen molar-refractivity contribution < 1.29 is 96.3 Å². The number of carbonyl (C=O) groups excluding carboxylic acids is 8. The van der Waals surface area contributed by atoms with Gasteiger partial charge in [-0.05, 0) is 58.9 Å². The molecule has 5 N–H and O–H groups in total. The number of fused-ring (bicyclic) bond motifs is 9. The molecule has 3 aliphatic carbocycles. The largest absolute Gasteiger partial charge is 0.507 e. The van der Waals surface area contributed by atoms with Gasteiger partial charge in [-0.3, -0.25) is 28.9 Å². The lowest BCUT2D eigenvalue weighted by molar-refractivity contribution is -0.256. The molecule has 0 bridgehead atoms. The smallest absolute Gasteiger partial charge is 0.409 e. The van der Waals surface area contributed by atoms with E-state index in [1.165, 1.54) is 51.4 Å². The number of hydrogen-bond acceptors (Lipinski definition) is 21. The highest BCUT2D eigenvalue weighted by Crippen LogP contribution is 2.53. The maximum atomic E-state index is 14.3. The number of ether oxygens (including phenoxy) is 9. The molecule has 25 nitrogen and oxygen atoms in total. The number of phenolic OH excluding ortho intramolecular Hbond substituents is 2.